The molecule has 29 heavy (non-hydrogen) atoms. The van der Waals surface area contributed by atoms with E-state index in [4.69, 9.17) is 21.7 Å². The lowest BCUT2D eigenvalue weighted by molar-refractivity contribution is 0.379. The SMILES string of the molecule is C=CCn1c(O)c(C=Nc2ccc(Oc3ccccc3OC)cc2)c(=O)[nH]c1=S. The summed E-state index contributed by atoms with van der Waals surface area (Å²) in [7, 11) is 1.58. The highest BCUT2D eigenvalue weighted by molar-refractivity contribution is 7.71. The Balaban J connectivity index is 1.82. The summed E-state index contributed by atoms with van der Waals surface area (Å²) >= 11 is 5.05. The van der Waals surface area contributed by atoms with Gasteiger partial charge in [0.15, 0.2) is 16.3 Å². The molecule has 0 spiro atoms. The van der Waals surface area contributed by atoms with Crippen LogP contribution >= 0.6 is 12.2 Å². The summed E-state index contributed by atoms with van der Waals surface area (Å²) in [5, 5.41) is 10.3. The van der Waals surface area contributed by atoms with Gasteiger partial charge in [0, 0.05) is 12.8 Å². The zero-order chi connectivity index (χ0) is 20.8. The second-order valence-corrected chi connectivity index (χ2v) is 6.29. The Bertz CT molecular complexity index is 1160. The van der Waals surface area contributed by atoms with E-state index < -0.39 is 5.56 Å². The third-order valence-electron chi connectivity index (χ3n) is 3.99. The molecule has 3 aromatic rings. The zero-order valence-electron chi connectivity index (χ0n) is 15.7. The maximum atomic E-state index is 12.1. The predicted molar refractivity (Wildman–Crippen MR) is 115 cm³/mol. The second kappa shape index (κ2) is 9.03. The lowest BCUT2D eigenvalue weighted by Crippen LogP contribution is -2.18. The van der Waals surface area contributed by atoms with E-state index in [1.165, 1.54) is 10.8 Å². The fourth-order valence-electron chi connectivity index (χ4n) is 2.56. The molecule has 3 rings (SSSR count). The van der Waals surface area contributed by atoms with Crippen LogP contribution in [0.1, 0.15) is 5.56 Å². The molecule has 0 saturated carbocycles. The molecule has 0 atom stereocenters. The van der Waals surface area contributed by atoms with Crippen molar-refractivity contribution in [1.29, 1.82) is 0 Å². The molecular formula is C21H19N3O4S. The van der Waals surface area contributed by atoms with E-state index in [0.29, 0.717) is 22.9 Å². The molecular weight excluding hydrogens is 390 g/mol. The number of hydrogen-bond donors (Lipinski definition) is 2. The number of aromatic amines is 1. The maximum Gasteiger partial charge on any atom is 0.264 e. The van der Waals surface area contributed by atoms with Gasteiger partial charge in [0.2, 0.25) is 5.88 Å². The number of nitrogens with one attached hydrogen (secondary N) is 1. The summed E-state index contributed by atoms with van der Waals surface area (Å²) in [6.07, 6.45) is 2.85. The molecule has 7 nitrogen and oxygen atoms in total. The van der Waals surface area contributed by atoms with Gasteiger partial charge in [-0.05, 0) is 48.6 Å². The Morgan fingerprint density at radius 2 is 1.90 bits per heavy atom. The van der Waals surface area contributed by atoms with Crippen molar-refractivity contribution in [3.8, 4) is 23.1 Å². The molecule has 8 heteroatoms. The van der Waals surface area contributed by atoms with Gasteiger partial charge in [0.25, 0.3) is 5.56 Å². The number of methoxy groups -OCH3 is 1. The highest BCUT2D eigenvalue weighted by Gasteiger charge is 2.10. The lowest BCUT2D eigenvalue weighted by Gasteiger charge is -2.10. The van der Waals surface area contributed by atoms with Crippen molar-refractivity contribution in [3.63, 3.8) is 0 Å². The molecule has 0 unspecified atom stereocenters. The molecule has 148 valence electrons. The van der Waals surface area contributed by atoms with Crippen molar-refractivity contribution in [3.05, 3.63) is 81.9 Å². The summed E-state index contributed by atoms with van der Waals surface area (Å²) in [5.74, 6) is 1.56. The zero-order valence-corrected chi connectivity index (χ0v) is 16.5. The Hall–Kier alpha value is -3.65. The van der Waals surface area contributed by atoms with Crippen LogP contribution in [-0.2, 0) is 6.54 Å². The van der Waals surface area contributed by atoms with Crippen molar-refractivity contribution in [1.82, 2.24) is 9.55 Å². The number of rotatable bonds is 7. The van der Waals surface area contributed by atoms with Gasteiger partial charge in [0.05, 0.1) is 12.8 Å². The molecule has 0 fully saturated rings. The average Bonchev–Trinajstić information content (AvgIpc) is 2.72. The molecule has 0 aliphatic heterocycles. The minimum absolute atomic E-state index is 0.00907. The van der Waals surface area contributed by atoms with Gasteiger partial charge in [-0.15, -0.1) is 6.58 Å². The van der Waals surface area contributed by atoms with Gasteiger partial charge in [-0.25, -0.2) is 0 Å². The first-order valence-electron chi connectivity index (χ1n) is 8.65. The van der Waals surface area contributed by atoms with Crippen LogP contribution in [0.4, 0.5) is 5.69 Å². The largest absolute Gasteiger partial charge is 0.494 e. The molecule has 0 radical (unpaired) electrons. The van der Waals surface area contributed by atoms with Crippen molar-refractivity contribution in [2.45, 2.75) is 6.54 Å². The van der Waals surface area contributed by atoms with Crippen LogP contribution in [0.15, 0.2) is 71.0 Å². The molecule has 0 saturated heterocycles. The van der Waals surface area contributed by atoms with Crippen LogP contribution in [0.25, 0.3) is 0 Å². The fraction of sp³-hybridized carbons (Fsp3) is 0.0952. The monoisotopic (exact) mass is 409 g/mol. The van der Waals surface area contributed by atoms with Gasteiger partial charge in [-0.3, -0.25) is 19.3 Å². The standard InChI is InChI=1S/C21H19N3O4S/c1-3-12-24-20(26)16(19(25)23-21(24)29)13-22-14-8-10-15(11-9-14)28-18-7-5-4-6-17(18)27-2/h3-11,13,26H,1,12H2,2H3,(H,23,25,29). The van der Waals surface area contributed by atoms with Crippen LogP contribution in [0.5, 0.6) is 23.1 Å². The summed E-state index contributed by atoms with van der Waals surface area (Å²) in [6, 6.07) is 14.3. The summed E-state index contributed by atoms with van der Waals surface area (Å²) in [4.78, 5) is 18.9. The van der Waals surface area contributed by atoms with E-state index in [9.17, 15) is 9.90 Å². The second-order valence-electron chi connectivity index (χ2n) is 5.90. The first kappa shape index (κ1) is 20.1. The minimum Gasteiger partial charge on any atom is -0.494 e. The molecule has 1 aromatic heterocycles. The van der Waals surface area contributed by atoms with Crippen LogP contribution in [0.3, 0.4) is 0 Å². The molecule has 0 amide bonds. The number of allylic oxidation sites excluding steroid dienone is 1. The number of benzene rings is 2. The van der Waals surface area contributed by atoms with Crippen LogP contribution in [0.2, 0.25) is 0 Å². The summed E-state index contributed by atoms with van der Waals surface area (Å²) in [5.41, 5.74) is 0.0661. The Morgan fingerprint density at radius 1 is 1.21 bits per heavy atom. The number of hydrogen-bond acceptors (Lipinski definition) is 6. The number of para-hydroxylation sites is 2. The lowest BCUT2D eigenvalue weighted by atomic mass is 10.3. The smallest absolute Gasteiger partial charge is 0.264 e. The highest BCUT2D eigenvalue weighted by Crippen LogP contribution is 2.31. The Labute approximate surface area is 172 Å². The van der Waals surface area contributed by atoms with Crippen molar-refractivity contribution in [2.24, 2.45) is 4.99 Å². The van der Waals surface area contributed by atoms with Gasteiger partial charge in [0.1, 0.15) is 11.3 Å². The number of nitrogens with zero attached hydrogens (tertiary/aromatic N) is 2. The molecule has 2 aromatic carbocycles. The van der Waals surface area contributed by atoms with Crippen molar-refractivity contribution >= 4 is 24.1 Å². The summed E-state index contributed by atoms with van der Waals surface area (Å²) in [6.45, 7) is 3.87. The Morgan fingerprint density at radius 3 is 2.55 bits per heavy atom. The van der Waals surface area contributed by atoms with Crippen LogP contribution in [-0.4, -0.2) is 28.0 Å². The van der Waals surface area contributed by atoms with Gasteiger partial charge in [-0.2, -0.15) is 0 Å². The first-order chi connectivity index (χ1) is 14.0. The Kier molecular flexibility index (Phi) is 6.25. The van der Waals surface area contributed by atoms with Gasteiger partial charge in [-0.1, -0.05) is 18.2 Å². The topological polar surface area (TPSA) is 88.8 Å². The molecule has 2 N–H and O–H groups in total. The molecule has 1 heterocycles. The molecule has 0 aliphatic rings. The van der Waals surface area contributed by atoms with Crippen molar-refractivity contribution in [2.75, 3.05) is 7.11 Å². The first-order valence-corrected chi connectivity index (χ1v) is 9.06. The predicted octanol–water partition coefficient (Wildman–Crippen LogP) is 4.35. The molecule has 0 bridgehead atoms. The maximum absolute atomic E-state index is 12.1. The number of aliphatic imine (C=N–C) groups is 1. The normalized spacial score (nSPS) is 10.8. The van der Waals surface area contributed by atoms with Crippen molar-refractivity contribution < 1.29 is 14.6 Å². The van der Waals surface area contributed by atoms with Crippen LogP contribution < -0.4 is 15.0 Å². The van der Waals surface area contributed by atoms with Gasteiger partial charge >= 0.3 is 0 Å². The van der Waals surface area contributed by atoms with Gasteiger partial charge < -0.3 is 14.6 Å². The highest BCUT2D eigenvalue weighted by atomic mass is 32.1. The quantitative estimate of drug-likeness (QED) is 0.344. The fourth-order valence-corrected chi connectivity index (χ4v) is 2.81. The summed E-state index contributed by atoms with van der Waals surface area (Å²) < 4.78 is 12.6. The average molecular weight is 409 g/mol. The molecule has 0 aliphatic carbocycles. The van der Waals surface area contributed by atoms with E-state index in [1.54, 1.807) is 43.5 Å². The number of aromatic hydroxyl groups is 1. The van der Waals surface area contributed by atoms with E-state index >= 15 is 0 Å². The third kappa shape index (κ3) is 4.61. The minimum atomic E-state index is -0.521. The van der Waals surface area contributed by atoms with Crippen LogP contribution in [0, 0.1) is 4.77 Å². The third-order valence-corrected chi connectivity index (χ3v) is 4.32. The van der Waals surface area contributed by atoms with E-state index in [1.807, 2.05) is 18.2 Å². The number of H-pyrrole nitrogens is 1. The number of aromatic nitrogens is 2. The van der Waals surface area contributed by atoms with E-state index in [0.717, 1.165) is 0 Å². The number of ether oxygens (including phenoxy) is 2. The van der Waals surface area contributed by atoms with E-state index in [2.05, 4.69) is 16.6 Å². The van der Waals surface area contributed by atoms with E-state index in [-0.39, 0.29) is 22.8 Å².